The molecule has 3 amide bonds. The first-order valence-corrected chi connectivity index (χ1v) is 10.3. The number of anilines is 3. The molecule has 0 spiro atoms. The van der Waals surface area contributed by atoms with Gasteiger partial charge in [-0.15, -0.1) is 0 Å². The van der Waals surface area contributed by atoms with Gasteiger partial charge in [0.1, 0.15) is 0 Å². The summed E-state index contributed by atoms with van der Waals surface area (Å²) >= 11 is 0. The molecule has 0 bridgehead atoms. The summed E-state index contributed by atoms with van der Waals surface area (Å²) in [6, 6.07) is 11.3. The topological polar surface area (TPSA) is 68.8 Å². The summed E-state index contributed by atoms with van der Waals surface area (Å²) in [5.74, 6) is 0.251. The second-order valence-corrected chi connectivity index (χ2v) is 8.06. The van der Waals surface area contributed by atoms with Crippen molar-refractivity contribution < 1.29 is 9.59 Å². The molecule has 4 heterocycles. The Hall–Kier alpha value is -2.93. The van der Waals surface area contributed by atoms with Crippen molar-refractivity contribution in [3.63, 3.8) is 0 Å². The van der Waals surface area contributed by atoms with Crippen molar-refractivity contribution in [3.8, 4) is 0 Å². The number of likely N-dealkylation sites (N-methyl/N-ethyl adjacent to an activating group) is 1. The van der Waals surface area contributed by atoms with Crippen LogP contribution in [0.15, 0.2) is 42.6 Å². The quantitative estimate of drug-likeness (QED) is 0.747. The number of hydrogen-bond acceptors (Lipinski definition) is 4. The molecule has 0 radical (unpaired) electrons. The third-order valence-corrected chi connectivity index (χ3v) is 6.39. The zero-order valence-corrected chi connectivity index (χ0v) is 16.5. The van der Waals surface area contributed by atoms with Gasteiger partial charge in [-0.1, -0.05) is 12.1 Å². The Morgan fingerprint density at radius 1 is 1.07 bits per heavy atom. The fourth-order valence-electron chi connectivity index (χ4n) is 5.01. The van der Waals surface area contributed by atoms with Crippen LogP contribution >= 0.6 is 0 Å². The molecule has 2 aromatic rings. The summed E-state index contributed by atoms with van der Waals surface area (Å²) in [5.41, 5.74) is 1.61. The van der Waals surface area contributed by atoms with Crippen LogP contribution in [0, 0.1) is 0 Å². The maximum Gasteiger partial charge on any atom is 0.330 e. The van der Waals surface area contributed by atoms with E-state index in [2.05, 4.69) is 22.2 Å². The molecule has 1 aromatic heterocycles. The van der Waals surface area contributed by atoms with E-state index in [1.54, 1.807) is 29.3 Å². The maximum atomic E-state index is 14.0. The Labute approximate surface area is 170 Å². The molecule has 2 saturated heterocycles. The molecule has 2 fully saturated rings. The second kappa shape index (κ2) is 7.15. The first-order valence-electron chi connectivity index (χ1n) is 10.3. The van der Waals surface area contributed by atoms with E-state index in [4.69, 9.17) is 0 Å². The largest absolute Gasteiger partial charge is 0.330 e. The van der Waals surface area contributed by atoms with Gasteiger partial charge in [0.25, 0.3) is 5.91 Å². The number of nitrogens with one attached hydrogen (secondary N) is 1. The van der Waals surface area contributed by atoms with Crippen molar-refractivity contribution in [2.75, 3.05) is 30.4 Å². The Kier molecular flexibility index (Phi) is 4.47. The van der Waals surface area contributed by atoms with Gasteiger partial charge < -0.3 is 15.1 Å². The lowest BCUT2D eigenvalue weighted by Gasteiger charge is -2.49. The van der Waals surface area contributed by atoms with Crippen LogP contribution in [0.5, 0.6) is 0 Å². The van der Waals surface area contributed by atoms with Crippen LogP contribution in [0.4, 0.5) is 22.0 Å². The molecule has 1 N–H and O–H groups in total. The molecule has 7 heteroatoms. The van der Waals surface area contributed by atoms with Gasteiger partial charge in [-0.05, 0) is 63.5 Å². The van der Waals surface area contributed by atoms with Gasteiger partial charge in [0.05, 0.1) is 16.9 Å². The van der Waals surface area contributed by atoms with E-state index in [9.17, 15) is 9.59 Å². The standard InChI is InChI=1S/C22H25N5O2/c1-25-13-5-11-19-18(25)10-6-14-26(19)22(29)27-17-9-3-2-7-15(17)21(28)24-16-8-4-12-23-20(16)27/h2-4,7-9,12,18-19H,5-6,10-11,13-14H2,1H3,(H,24,28)/t18-,19+/m0/s1. The molecule has 0 unspecified atom stereocenters. The highest BCUT2D eigenvalue weighted by molar-refractivity contribution is 6.16. The second-order valence-electron chi connectivity index (χ2n) is 8.06. The minimum Gasteiger partial charge on any atom is -0.319 e. The summed E-state index contributed by atoms with van der Waals surface area (Å²) in [4.78, 5) is 37.2. The van der Waals surface area contributed by atoms with Gasteiger partial charge in [0, 0.05) is 24.8 Å². The molecule has 0 saturated carbocycles. The number of carbonyl (C=O) groups excluding carboxylic acids is 2. The number of pyridine rings is 1. The summed E-state index contributed by atoms with van der Waals surface area (Å²) in [6.07, 6.45) is 5.87. The van der Waals surface area contributed by atoms with E-state index >= 15 is 0 Å². The number of fused-ring (bicyclic) bond motifs is 3. The SMILES string of the molecule is CN1CCC[C@@H]2[C@@H]1CCCN2C(=O)N1c2ccccc2C(=O)Nc2cccnc21. The number of hydrogen-bond donors (Lipinski definition) is 1. The van der Waals surface area contributed by atoms with Crippen LogP contribution in [-0.2, 0) is 0 Å². The molecule has 5 rings (SSSR count). The predicted octanol–water partition coefficient (Wildman–Crippen LogP) is 3.46. The number of rotatable bonds is 0. The Balaban J connectivity index is 1.60. The maximum absolute atomic E-state index is 14.0. The number of piperidine rings is 2. The minimum atomic E-state index is -0.223. The van der Waals surface area contributed by atoms with E-state index in [0.717, 1.165) is 38.8 Å². The van der Waals surface area contributed by atoms with Crippen molar-refractivity contribution in [2.45, 2.75) is 37.8 Å². The molecule has 1 aromatic carbocycles. The number of aromatic nitrogens is 1. The lowest BCUT2D eigenvalue weighted by molar-refractivity contribution is 0.0429. The summed E-state index contributed by atoms with van der Waals surface area (Å²) in [5, 5.41) is 2.91. The van der Waals surface area contributed by atoms with Gasteiger partial charge in [0.2, 0.25) is 0 Å². The highest BCUT2D eigenvalue weighted by Gasteiger charge is 2.42. The van der Waals surface area contributed by atoms with Crippen molar-refractivity contribution in [1.29, 1.82) is 0 Å². The minimum absolute atomic E-state index is 0.0982. The fourth-order valence-corrected chi connectivity index (χ4v) is 5.01. The number of likely N-dealkylation sites (tertiary alicyclic amines) is 2. The fraction of sp³-hybridized carbons (Fsp3) is 0.409. The lowest BCUT2D eigenvalue weighted by atomic mass is 9.88. The number of amides is 3. The Morgan fingerprint density at radius 2 is 1.86 bits per heavy atom. The first kappa shape index (κ1) is 18.1. The zero-order valence-electron chi connectivity index (χ0n) is 16.5. The third-order valence-electron chi connectivity index (χ3n) is 6.39. The summed E-state index contributed by atoms with van der Waals surface area (Å²) < 4.78 is 0. The molecule has 150 valence electrons. The van der Waals surface area contributed by atoms with E-state index in [1.165, 1.54) is 0 Å². The van der Waals surface area contributed by atoms with Crippen molar-refractivity contribution in [3.05, 3.63) is 48.2 Å². The molecule has 29 heavy (non-hydrogen) atoms. The third kappa shape index (κ3) is 2.97. The van der Waals surface area contributed by atoms with E-state index in [0.29, 0.717) is 28.8 Å². The van der Waals surface area contributed by atoms with Crippen LogP contribution in [0.2, 0.25) is 0 Å². The molecular formula is C22H25N5O2. The molecule has 3 aliphatic rings. The van der Waals surface area contributed by atoms with E-state index in [-0.39, 0.29) is 18.0 Å². The van der Waals surface area contributed by atoms with Gasteiger partial charge in [0.15, 0.2) is 5.82 Å². The normalized spacial score (nSPS) is 24.1. The zero-order chi connectivity index (χ0) is 20.0. The lowest BCUT2D eigenvalue weighted by Crippen LogP contribution is -2.60. The predicted molar refractivity (Wildman–Crippen MR) is 112 cm³/mol. The number of urea groups is 1. The van der Waals surface area contributed by atoms with Crippen LogP contribution < -0.4 is 10.2 Å². The highest BCUT2D eigenvalue weighted by atomic mass is 16.2. The molecule has 3 aliphatic heterocycles. The van der Waals surface area contributed by atoms with Crippen molar-refractivity contribution >= 4 is 29.1 Å². The van der Waals surface area contributed by atoms with Crippen LogP contribution in [0.1, 0.15) is 36.0 Å². The number of carbonyl (C=O) groups is 2. The number of benzene rings is 1. The molecule has 7 nitrogen and oxygen atoms in total. The van der Waals surface area contributed by atoms with Gasteiger partial charge in [-0.25, -0.2) is 14.7 Å². The highest BCUT2D eigenvalue weighted by Crippen LogP contribution is 2.38. The summed E-state index contributed by atoms with van der Waals surface area (Å²) in [7, 11) is 2.16. The van der Waals surface area contributed by atoms with Crippen molar-refractivity contribution in [2.24, 2.45) is 0 Å². The summed E-state index contributed by atoms with van der Waals surface area (Å²) in [6.45, 7) is 1.81. The Morgan fingerprint density at radius 3 is 2.76 bits per heavy atom. The average molecular weight is 391 g/mol. The first-order chi connectivity index (χ1) is 14.1. The smallest absolute Gasteiger partial charge is 0.319 e. The van der Waals surface area contributed by atoms with Crippen LogP contribution in [-0.4, -0.2) is 58.9 Å². The average Bonchev–Trinajstić information content (AvgIpc) is 2.87. The van der Waals surface area contributed by atoms with Crippen LogP contribution in [0.3, 0.4) is 0 Å². The van der Waals surface area contributed by atoms with Gasteiger partial charge in [-0.2, -0.15) is 0 Å². The van der Waals surface area contributed by atoms with Gasteiger partial charge in [-0.3, -0.25) is 4.79 Å². The van der Waals surface area contributed by atoms with Crippen LogP contribution in [0.25, 0.3) is 0 Å². The number of nitrogens with zero attached hydrogens (tertiary/aromatic N) is 4. The molecule has 0 aliphatic carbocycles. The van der Waals surface area contributed by atoms with E-state index < -0.39 is 0 Å². The molecule has 2 atom stereocenters. The van der Waals surface area contributed by atoms with E-state index in [1.807, 2.05) is 23.1 Å². The van der Waals surface area contributed by atoms with Crippen molar-refractivity contribution in [1.82, 2.24) is 14.8 Å². The van der Waals surface area contributed by atoms with Gasteiger partial charge >= 0.3 is 6.03 Å². The molecular weight excluding hydrogens is 366 g/mol. The monoisotopic (exact) mass is 391 g/mol. The Bertz CT molecular complexity index is 962. The number of para-hydroxylation sites is 1.